The van der Waals surface area contributed by atoms with Crippen molar-refractivity contribution in [3.63, 3.8) is 0 Å². The van der Waals surface area contributed by atoms with Gasteiger partial charge in [-0.15, -0.1) is 0 Å². The van der Waals surface area contributed by atoms with Crippen molar-refractivity contribution in [1.82, 2.24) is 4.90 Å². The minimum atomic E-state index is 0.0847. The summed E-state index contributed by atoms with van der Waals surface area (Å²) >= 11 is 0. The van der Waals surface area contributed by atoms with E-state index in [9.17, 15) is 4.79 Å². The van der Waals surface area contributed by atoms with Crippen molar-refractivity contribution in [3.05, 3.63) is 0 Å². The molecule has 4 heteroatoms. The molecule has 1 aliphatic heterocycles. The van der Waals surface area contributed by atoms with Crippen LogP contribution in [0.5, 0.6) is 0 Å². The monoisotopic (exact) mass is 173 g/mol. The second-order valence-corrected chi connectivity index (χ2v) is 3.17. The Morgan fingerprint density at radius 2 is 2.25 bits per heavy atom. The average molecular weight is 173 g/mol. The van der Waals surface area contributed by atoms with Gasteiger partial charge in [0, 0.05) is 38.6 Å². The lowest BCUT2D eigenvalue weighted by atomic mass is 10.1. The van der Waals surface area contributed by atoms with E-state index < -0.39 is 0 Å². The zero-order chi connectivity index (χ0) is 8.97. The van der Waals surface area contributed by atoms with Gasteiger partial charge in [-0.05, 0) is 6.42 Å². The number of aliphatic hydroxyl groups is 2. The molecule has 1 fully saturated rings. The summed E-state index contributed by atoms with van der Waals surface area (Å²) in [7, 11) is 0. The number of aliphatic hydroxyl groups excluding tert-OH is 2. The lowest BCUT2D eigenvalue weighted by molar-refractivity contribution is -0.127. The first-order valence-corrected chi connectivity index (χ1v) is 4.27. The number of hydrogen-bond acceptors (Lipinski definition) is 3. The summed E-state index contributed by atoms with van der Waals surface area (Å²) in [5.74, 6) is 0.207. The van der Waals surface area contributed by atoms with Gasteiger partial charge in [0.25, 0.3) is 0 Å². The normalized spacial score (nSPS) is 23.7. The lowest BCUT2D eigenvalue weighted by Crippen LogP contribution is -2.27. The fraction of sp³-hybridized carbons (Fsp3) is 0.875. The number of nitrogens with zero attached hydrogens (tertiary/aromatic N) is 1. The molecular formula is C8H15NO3. The fourth-order valence-corrected chi connectivity index (χ4v) is 1.45. The average Bonchev–Trinajstić information content (AvgIpc) is 2.43. The Bertz CT molecular complexity index is 160. The van der Waals surface area contributed by atoms with E-state index in [0.717, 1.165) is 0 Å². The molecule has 0 bridgehead atoms. The quantitative estimate of drug-likeness (QED) is 0.585. The molecule has 1 saturated heterocycles. The third-order valence-electron chi connectivity index (χ3n) is 2.14. The number of amides is 1. The van der Waals surface area contributed by atoms with Crippen LogP contribution in [-0.4, -0.2) is 47.3 Å². The number of carbonyl (C=O) groups excluding carboxylic acids is 1. The lowest BCUT2D eigenvalue weighted by Gasteiger charge is -2.14. The summed E-state index contributed by atoms with van der Waals surface area (Å²) < 4.78 is 0. The molecule has 0 aliphatic carbocycles. The van der Waals surface area contributed by atoms with E-state index in [1.54, 1.807) is 4.90 Å². The maximum atomic E-state index is 11.2. The third kappa shape index (κ3) is 2.19. The first-order chi connectivity index (χ1) is 5.77. The van der Waals surface area contributed by atoms with Gasteiger partial charge in [0.1, 0.15) is 0 Å². The molecule has 2 N–H and O–H groups in total. The van der Waals surface area contributed by atoms with Gasteiger partial charge in [-0.3, -0.25) is 4.79 Å². The number of rotatable bonds is 4. The minimum absolute atomic E-state index is 0.0847. The molecule has 1 aliphatic rings. The van der Waals surface area contributed by atoms with Gasteiger partial charge in [-0.1, -0.05) is 0 Å². The molecule has 4 nitrogen and oxygen atoms in total. The summed E-state index contributed by atoms with van der Waals surface area (Å²) in [5.41, 5.74) is 0. The maximum Gasteiger partial charge on any atom is 0.223 e. The van der Waals surface area contributed by atoms with E-state index in [0.29, 0.717) is 25.9 Å². The summed E-state index contributed by atoms with van der Waals surface area (Å²) in [6.45, 7) is 1.47. The highest BCUT2D eigenvalue weighted by Crippen LogP contribution is 2.16. The van der Waals surface area contributed by atoms with E-state index in [-0.39, 0.29) is 25.0 Å². The largest absolute Gasteiger partial charge is 0.396 e. The van der Waals surface area contributed by atoms with E-state index in [2.05, 4.69) is 0 Å². The third-order valence-corrected chi connectivity index (χ3v) is 2.14. The second-order valence-electron chi connectivity index (χ2n) is 3.17. The predicted octanol–water partition coefficient (Wildman–Crippen LogP) is -0.790. The molecular weight excluding hydrogens is 158 g/mol. The predicted molar refractivity (Wildman–Crippen MR) is 43.5 cm³/mol. The summed E-state index contributed by atoms with van der Waals surface area (Å²) in [6.07, 6.45) is 1.09. The van der Waals surface area contributed by atoms with Crippen LogP contribution in [0.2, 0.25) is 0 Å². The van der Waals surface area contributed by atoms with Gasteiger partial charge >= 0.3 is 0 Å². The molecule has 1 rings (SSSR count). The molecule has 0 aromatic rings. The Kier molecular flexibility index (Phi) is 3.49. The zero-order valence-corrected chi connectivity index (χ0v) is 7.07. The van der Waals surface area contributed by atoms with E-state index in [4.69, 9.17) is 10.2 Å². The minimum Gasteiger partial charge on any atom is -0.396 e. The number of hydrogen-bond donors (Lipinski definition) is 2. The van der Waals surface area contributed by atoms with Crippen molar-refractivity contribution in [3.8, 4) is 0 Å². The van der Waals surface area contributed by atoms with Gasteiger partial charge in [0.15, 0.2) is 0 Å². The molecule has 0 saturated carbocycles. The molecule has 1 atom stereocenters. The smallest absolute Gasteiger partial charge is 0.223 e. The molecule has 0 spiro atoms. The molecule has 0 aromatic carbocycles. The van der Waals surface area contributed by atoms with Crippen molar-refractivity contribution in [1.29, 1.82) is 0 Å². The highest BCUT2D eigenvalue weighted by atomic mass is 16.3. The standard InChI is InChI=1S/C8H15NO3/c10-3-1-2-9-5-7(6-11)4-8(9)12/h7,10-11H,1-6H2. The van der Waals surface area contributed by atoms with Gasteiger partial charge in [0.05, 0.1) is 0 Å². The second kappa shape index (κ2) is 4.42. The fourth-order valence-electron chi connectivity index (χ4n) is 1.45. The van der Waals surface area contributed by atoms with Crippen LogP contribution in [0.15, 0.2) is 0 Å². The molecule has 70 valence electrons. The van der Waals surface area contributed by atoms with Crippen molar-refractivity contribution in [2.45, 2.75) is 12.8 Å². The Hall–Kier alpha value is -0.610. The molecule has 12 heavy (non-hydrogen) atoms. The summed E-state index contributed by atoms with van der Waals surface area (Å²) in [6, 6.07) is 0. The van der Waals surface area contributed by atoms with E-state index in [1.165, 1.54) is 0 Å². The van der Waals surface area contributed by atoms with E-state index in [1.807, 2.05) is 0 Å². The molecule has 1 amide bonds. The van der Waals surface area contributed by atoms with Crippen molar-refractivity contribution < 1.29 is 15.0 Å². The first-order valence-electron chi connectivity index (χ1n) is 4.27. The maximum absolute atomic E-state index is 11.2. The van der Waals surface area contributed by atoms with Crippen LogP contribution >= 0.6 is 0 Å². The number of likely N-dealkylation sites (tertiary alicyclic amines) is 1. The van der Waals surface area contributed by atoms with Crippen LogP contribution in [0.3, 0.4) is 0 Å². The Balaban J connectivity index is 2.31. The Morgan fingerprint density at radius 3 is 2.75 bits per heavy atom. The van der Waals surface area contributed by atoms with Gasteiger partial charge in [-0.25, -0.2) is 0 Å². The van der Waals surface area contributed by atoms with Crippen LogP contribution in [0, 0.1) is 5.92 Å². The van der Waals surface area contributed by atoms with Gasteiger partial charge in [-0.2, -0.15) is 0 Å². The van der Waals surface area contributed by atoms with Crippen LogP contribution in [0.25, 0.3) is 0 Å². The highest BCUT2D eigenvalue weighted by Gasteiger charge is 2.27. The van der Waals surface area contributed by atoms with Crippen LogP contribution < -0.4 is 0 Å². The first kappa shape index (κ1) is 9.48. The Morgan fingerprint density at radius 1 is 1.50 bits per heavy atom. The molecule has 1 heterocycles. The van der Waals surface area contributed by atoms with Crippen molar-refractivity contribution in [2.75, 3.05) is 26.3 Å². The van der Waals surface area contributed by atoms with Crippen LogP contribution in [0.4, 0.5) is 0 Å². The van der Waals surface area contributed by atoms with E-state index >= 15 is 0 Å². The molecule has 1 unspecified atom stereocenters. The van der Waals surface area contributed by atoms with Crippen LogP contribution in [0.1, 0.15) is 12.8 Å². The number of carbonyl (C=O) groups is 1. The summed E-state index contributed by atoms with van der Waals surface area (Å²) in [4.78, 5) is 12.9. The van der Waals surface area contributed by atoms with Crippen molar-refractivity contribution in [2.24, 2.45) is 5.92 Å². The molecule has 0 aromatic heterocycles. The van der Waals surface area contributed by atoms with Gasteiger partial charge < -0.3 is 15.1 Å². The highest BCUT2D eigenvalue weighted by molar-refractivity contribution is 5.78. The SMILES string of the molecule is O=C1CC(CO)CN1CCCO. The Labute approximate surface area is 71.8 Å². The van der Waals surface area contributed by atoms with Crippen LogP contribution in [-0.2, 0) is 4.79 Å². The molecule has 0 radical (unpaired) electrons. The summed E-state index contributed by atoms with van der Waals surface area (Å²) in [5, 5.41) is 17.3. The van der Waals surface area contributed by atoms with Crippen molar-refractivity contribution >= 4 is 5.91 Å². The topological polar surface area (TPSA) is 60.8 Å². The zero-order valence-electron chi connectivity index (χ0n) is 7.07. The van der Waals surface area contributed by atoms with Gasteiger partial charge in [0.2, 0.25) is 5.91 Å².